The summed E-state index contributed by atoms with van der Waals surface area (Å²) in [6.45, 7) is 9.29. The van der Waals surface area contributed by atoms with Gasteiger partial charge >= 0.3 is 0 Å². The van der Waals surface area contributed by atoms with Crippen molar-refractivity contribution >= 4 is 17.6 Å². The lowest BCUT2D eigenvalue weighted by Crippen LogP contribution is -2.49. The number of pyridine rings is 1. The number of nitrogens with zero attached hydrogens (tertiary/aromatic N) is 4. The summed E-state index contributed by atoms with van der Waals surface area (Å²) in [5, 5.41) is 17.0. The first-order chi connectivity index (χ1) is 18.8. The number of anilines is 1. The van der Waals surface area contributed by atoms with E-state index in [1.54, 1.807) is 36.0 Å². The van der Waals surface area contributed by atoms with Crippen LogP contribution in [-0.2, 0) is 22.5 Å². The first kappa shape index (κ1) is 28.4. The van der Waals surface area contributed by atoms with Gasteiger partial charge in [0.1, 0.15) is 17.6 Å². The van der Waals surface area contributed by atoms with E-state index in [4.69, 9.17) is 4.74 Å². The zero-order chi connectivity index (χ0) is 27.9. The van der Waals surface area contributed by atoms with Gasteiger partial charge in [-0.3, -0.25) is 19.4 Å². The van der Waals surface area contributed by atoms with Crippen molar-refractivity contribution < 1.29 is 18.7 Å². The van der Waals surface area contributed by atoms with E-state index < -0.39 is 17.9 Å². The van der Waals surface area contributed by atoms with E-state index in [2.05, 4.69) is 37.8 Å². The Kier molecular flexibility index (Phi) is 9.45. The maximum atomic E-state index is 15.1. The lowest BCUT2D eigenvalue weighted by molar-refractivity contribution is -0.119. The van der Waals surface area contributed by atoms with Gasteiger partial charge < -0.3 is 15.4 Å². The Morgan fingerprint density at radius 1 is 1.21 bits per heavy atom. The average Bonchev–Trinajstić information content (AvgIpc) is 3.54. The van der Waals surface area contributed by atoms with Crippen LogP contribution in [0.3, 0.4) is 0 Å². The van der Waals surface area contributed by atoms with E-state index in [-0.39, 0.29) is 17.6 Å². The number of nitrogens with one attached hydrogen (secondary N) is 3. The van der Waals surface area contributed by atoms with E-state index in [0.717, 1.165) is 31.4 Å². The molecule has 0 aromatic carbocycles. The normalized spacial score (nSPS) is 18.1. The standard InChI is InChI=1S/C28H38FN7O3/c1-5-21-24(18(4)34-35-21)20-11-12-23(31-26(20)29)32-28(38)25(19-9-7-17(3)8-10-19)33-27(37)22-13-14-30-36(22)15-16-39-6-2/h11-14,17,19,25H,5-10,15-16H2,1-4H3,(H,33,37)(H,34,35)(H,31,32,38)/t17-,19-,25-/m0/s1. The fourth-order valence-corrected chi connectivity index (χ4v) is 5.22. The predicted molar refractivity (Wildman–Crippen MR) is 146 cm³/mol. The lowest BCUT2D eigenvalue weighted by atomic mass is 9.79. The molecular formula is C28H38FN7O3. The van der Waals surface area contributed by atoms with Gasteiger partial charge in [0.25, 0.3) is 5.91 Å². The third kappa shape index (κ3) is 6.70. The lowest BCUT2D eigenvalue weighted by Gasteiger charge is -2.32. The molecule has 1 aliphatic carbocycles. The van der Waals surface area contributed by atoms with Crippen molar-refractivity contribution in [2.75, 3.05) is 18.5 Å². The van der Waals surface area contributed by atoms with Crippen molar-refractivity contribution in [2.24, 2.45) is 11.8 Å². The first-order valence-electron chi connectivity index (χ1n) is 13.7. The smallest absolute Gasteiger partial charge is 0.270 e. The van der Waals surface area contributed by atoms with Gasteiger partial charge in [-0.15, -0.1) is 0 Å². The van der Waals surface area contributed by atoms with E-state index in [0.29, 0.717) is 54.6 Å². The Bertz CT molecular complexity index is 1280. The fraction of sp³-hybridized carbons (Fsp3) is 0.536. The van der Waals surface area contributed by atoms with Crippen LogP contribution in [0.2, 0.25) is 0 Å². The van der Waals surface area contributed by atoms with Crippen LogP contribution in [-0.4, -0.2) is 56.0 Å². The minimum Gasteiger partial charge on any atom is -0.380 e. The monoisotopic (exact) mass is 539 g/mol. The molecule has 4 rings (SSSR count). The van der Waals surface area contributed by atoms with Gasteiger partial charge in [0.15, 0.2) is 0 Å². The largest absolute Gasteiger partial charge is 0.380 e. The van der Waals surface area contributed by atoms with Crippen molar-refractivity contribution in [1.29, 1.82) is 0 Å². The van der Waals surface area contributed by atoms with Crippen LogP contribution in [0.15, 0.2) is 24.4 Å². The Labute approximate surface area is 228 Å². The molecule has 0 saturated heterocycles. The minimum absolute atomic E-state index is 0.0465. The molecule has 1 fully saturated rings. The zero-order valence-electron chi connectivity index (χ0n) is 23.1. The molecule has 3 aromatic rings. The van der Waals surface area contributed by atoms with Crippen molar-refractivity contribution in [3.8, 4) is 11.1 Å². The number of halogens is 1. The minimum atomic E-state index is -0.799. The highest BCUT2D eigenvalue weighted by atomic mass is 19.1. The molecule has 39 heavy (non-hydrogen) atoms. The van der Waals surface area contributed by atoms with Crippen molar-refractivity contribution in [3.63, 3.8) is 0 Å². The summed E-state index contributed by atoms with van der Waals surface area (Å²) in [6, 6.07) is 4.00. The summed E-state index contributed by atoms with van der Waals surface area (Å²) < 4.78 is 22.1. The number of ether oxygens (including phenoxy) is 1. The van der Waals surface area contributed by atoms with Crippen LogP contribution >= 0.6 is 0 Å². The molecule has 1 aliphatic rings. The van der Waals surface area contributed by atoms with Crippen molar-refractivity contribution in [1.82, 2.24) is 30.3 Å². The van der Waals surface area contributed by atoms with Gasteiger partial charge in [-0.25, -0.2) is 4.98 Å². The van der Waals surface area contributed by atoms with E-state index in [1.807, 2.05) is 13.8 Å². The summed E-state index contributed by atoms with van der Waals surface area (Å²) in [4.78, 5) is 30.8. The Balaban J connectivity index is 1.52. The quantitative estimate of drug-likeness (QED) is 0.247. The molecule has 0 radical (unpaired) electrons. The summed E-state index contributed by atoms with van der Waals surface area (Å²) in [5.41, 5.74) is 2.86. The molecule has 1 atom stereocenters. The molecule has 0 aliphatic heterocycles. The number of carbonyl (C=O) groups excluding carboxylic acids is 2. The maximum absolute atomic E-state index is 15.1. The molecule has 3 heterocycles. The van der Waals surface area contributed by atoms with Gasteiger partial charge in [-0.05, 0) is 63.1 Å². The first-order valence-corrected chi connectivity index (χ1v) is 13.7. The Morgan fingerprint density at radius 3 is 2.67 bits per heavy atom. The molecule has 2 amide bonds. The van der Waals surface area contributed by atoms with Crippen LogP contribution in [0, 0.1) is 24.7 Å². The number of amides is 2. The van der Waals surface area contributed by atoms with Gasteiger partial charge in [0.05, 0.1) is 18.8 Å². The van der Waals surface area contributed by atoms with E-state index in [9.17, 15) is 9.59 Å². The number of hydrogen-bond acceptors (Lipinski definition) is 6. The van der Waals surface area contributed by atoms with Gasteiger partial charge in [-0.2, -0.15) is 14.6 Å². The number of aromatic nitrogens is 5. The second kappa shape index (κ2) is 13.0. The zero-order valence-corrected chi connectivity index (χ0v) is 23.1. The third-order valence-electron chi connectivity index (χ3n) is 7.45. The molecule has 3 N–H and O–H groups in total. The average molecular weight is 540 g/mol. The van der Waals surface area contributed by atoms with Crippen LogP contribution < -0.4 is 10.6 Å². The van der Waals surface area contributed by atoms with Crippen molar-refractivity contribution in [2.45, 2.75) is 72.4 Å². The van der Waals surface area contributed by atoms with Gasteiger partial charge in [0.2, 0.25) is 11.9 Å². The SMILES string of the molecule is CCOCCn1nccc1C(=O)N[C@H](C(=O)Nc1ccc(-c2c(C)n[nH]c2CC)c(F)n1)[C@H]1CC[C@H](C)CC1. The topological polar surface area (TPSA) is 127 Å². The molecule has 0 unspecified atom stereocenters. The van der Waals surface area contributed by atoms with Crippen LogP contribution in [0.1, 0.15) is 68.3 Å². The number of hydrogen-bond donors (Lipinski definition) is 3. The van der Waals surface area contributed by atoms with Gasteiger partial charge in [-0.1, -0.05) is 26.7 Å². The summed E-state index contributed by atoms with van der Waals surface area (Å²) in [6.07, 6.45) is 5.79. The number of H-pyrrole nitrogens is 1. The second-order valence-electron chi connectivity index (χ2n) is 10.1. The molecule has 0 spiro atoms. The molecule has 0 bridgehead atoms. The molecule has 1 saturated carbocycles. The molecular weight excluding hydrogens is 501 g/mol. The molecule has 210 valence electrons. The van der Waals surface area contributed by atoms with Crippen LogP contribution in [0.25, 0.3) is 11.1 Å². The van der Waals surface area contributed by atoms with E-state index >= 15 is 4.39 Å². The van der Waals surface area contributed by atoms with Crippen molar-refractivity contribution in [3.05, 3.63) is 47.4 Å². The third-order valence-corrected chi connectivity index (χ3v) is 7.45. The molecule has 3 aromatic heterocycles. The highest BCUT2D eigenvalue weighted by molar-refractivity contribution is 6.00. The predicted octanol–water partition coefficient (Wildman–Crippen LogP) is 4.28. The Morgan fingerprint density at radius 2 is 1.97 bits per heavy atom. The fourth-order valence-electron chi connectivity index (χ4n) is 5.22. The number of aromatic amines is 1. The molecule has 11 heteroatoms. The Hall–Kier alpha value is -3.60. The summed E-state index contributed by atoms with van der Waals surface area (Å²) >= 11 is 0. The highest BCUT2D eigenvalue weighted by Gasteiger charge is 2.33. The number of carbonyl (C=O) groups is 2. The molecule has 10 nitrogen and oxygen atoms in total. The number of rotatable bonds is 11. The number of aryl methyl sites for hydroxylation is 2. The maximum Gasteiger partial charge on any atom is 0.270 e. The van der Waals surface area contributed by atoms with E-state index in [1.165, 1.54) is 0 Å². The second-order valence-corrected chi connectivity index (χ2v) is 10.1. The summed E-state index contributed by atoms with van der Waals surface area (Å²) in [7, 11) is 0. The highest BCUT2D eigenvalue weighted by Crippen LogP contribution is 2.32. The van der Waals surface area contributed by atoms with Crippen LogP contribution in [0.4, 0.5) is 10.2 Å². The van der Waals surface area contributed by atoms with Gasteiger partial charge in [0, 0.05) is 29.6 Å². The summed E-state index contributed by atoms with van der Waals surface area (Å²) in [5.74, 6) is -0.891. The van der Waals surface area contributed by atoms with Crippen LogP contribution in [0.5, 0.6) is 0 Å².